The molecule has 112 valence electrons. The Kier molecular flexibility index (Phi) is 4.71. The Balaban J connectivity index is 2.02. The molecule has 0 saturated heterocycles. The largest absolute Gasteiger partial charge is 0.488 e. The van der Waals surface area contributed by atoms with E-state index in [1.54, 1.807) is 0 Å². The van der Waals surface area contributed by atoms with Gasteiger partial charge in [-0.05, 0) is 38.4 Å². The molecule has 3 heteroatoms. The average Bonchev–Trinajstić information content (AvgIpc) is 2.82. The van der Waals surface area contributed by atoms with E-state index in [1.165, 1.54) is 11.1 Å². The molecule has 1 aromatic carbocycles. The molecular formula is C17H28N2O. The molecule has 2 rings (SSSR count). The van der Waals surface area contributed by atoms with Crippen LogP contribution >= 0.6 is 0 Å². The minimum absolute atomic E-state index is 0.105. The molecule has 0 amide bonds. The molecule has 1 aliphatic heterocycles. The molecule has 0 fully saturated rings. The molecular weight excluding hydrogens is 248 g/mol. The zero-order valence-corrected chi connectivity index (χ0v) is 13.3. The Hall–Kier alpha value is -1.06. The summed E-state index contributed by atoms with van der Waals surface area (Å²) in [5.74, 6) is 1.06. The molecule has 1 unspecified atom stereocenters. The standard InChI is InChI=1S/C17H28N2O/c1-5-17(6-2,12-18)19(4)11-15-10-14-9-13(3)7-8-16(14)20-15/h7-9,15H,5-6,10-12,18H2,1-4H3. The number of nitrogens with zero attached hydrogens (tertiary/aromatic N) is 1. The SMILES string of the molecule is CCC(CC)(CN)N(C)CC1Cc2cc(C)ccc2O1. The second kappa shape index (κ2) is 6.15. The lowest BCUT2D eigenvalue weighted by atomic mass is 9.90. The number of rotatable bonds is 6. The number of aryl methyl sites for hydroxylation is 1. The Morgan fingerprint density at radius 1 is 1.35 bits per heavy atom. The Morgan fingerprint density at radius 3 is 2.65 bits per heavy atom. The maximum absolute atomic E-state index is 6.08. The fraction of sp³-hybridized carbons (Fsp3) is 0.647. The van der Waals surface area contributed by atoms with Gasteiger partial charge in [0.2, 0.25) is 0 Å². The van der Waals surface area contributed by atoms with Crippen molar-refractivity contribution in [3.8, 4) is 5.75 Å². The molecule has 20 heavy (non-hydrogen) atoms. The van der Waals surface area contributed by atoms with Crippen LogP contribution in [0.5, 0.6) is 5.75 Å². The van der Waals surface area contributed by atoms with Crippen LogP contribution in [0.4, 0.5) is 0 Å². The molecule has 1 atom stereocenters. The van der Waals surface area contributed by atoms with Crippen molar-refractivity contribution in [1.29, 1.82) is 0 Å². The van der Waals surface area contributed by atoms with Crippen LogP contribution in [-0.4, -0.2) is 36.7 Å². The summed E-state index contributed by atoms with van der Waals surface area (Å²) < 4.78 is 6.08. The molecule has 1 aliphatic rings. The first kappa shape index (κ1) is 15.3. The third-order valence-electron chi connectivity index (χ3n) is 4.94. The number of benzene rings is 1. The van der Waals surface area contributed by atoms with E-state index in [2.05, 4.69) is 50.9 Å². The number of nitrogens with two attached hydrogens (primary N) is 1. The number of fused-ring (bicyclic) bond motifs is 1. The normalized spacial score (nSPS) is 18.2. The summed E-state index contributed by atoms with van der Waals surface area (Å²) in [6.07, 6.45) is 3.42. The minimum atomic E-state index is 0.105. The second-order valence-corrected chi connectivity index (χ2v) is 6.07. The smallest absolute Gasteiger partial charge is 0.123 e. The van der Waals surface area contributed by atoms with Gasteiger partial charge in [0.15, 0.2) is 0 Å². The van der Waals surface area contributed by atoms with E-state index in [0.29, 0.717) is 6.54 Å². The van der Waals surface area contributed by atoms with Crippen molar-refractivity contribution >= 4 is 0 Å². The number of hydrogen-bond donors (Lipinski definition) is 1. The van der Waals surface area contributed by atoms with Gasteiger partial charge in [-0.3, -0.25) is 4.90 Å². The van der Waals surface area contributed by atoms with Crippen molar-refractivity contribution in [2.75, 3.05) is 20.1 Å². The van der Waals surface area contributed by atoms with E-state index in [0.717, 1.165) is 31.6 Å². The molecule has 2 N–H and O–H groups in total. The van der Waals surface area contributed by atoms with Gasteiger partial charge in [0.05, 0.1) is 0 Å². The van der Waals surface area contributed by atoms with Gasteiger partial charge in [-0.1, -0.05) is 31.5 Å². The molecule has 0 bridgehead atoms. The molecule has 1 aromatic rings. The van der Waals surface area contributed by atoms with E-state index in [1.807, 2.05) is 0 Å². The Labute approximate surface area is 123 Å². The molecule has 0 saturated carbocycles. The summed E-state index contributed by atoms with van der Waals surface area (Å²) in [5.41, 5.74) is 8.78. The maximum Gasteiger partial charge on any atom is 0.123 e. The van der Waals surface area contributed by atoms with Crippen LogP contribution in [-0.2, 0) is 6.42 Å². The highest BCUT2D eigenvalue weighted by Crippen LogP contribution is 2.31. The van der Waals surface area contributed by atoms with Gasteiger partial charge >= 0.3 is 0 Å². The molecule has 0 radical (unpaired) electrons. The number of hydrogen-bond acceptors (Lipinski definition) is 3. The fourth-order valence-electron chi connectivity index (χ4n) is 3.28. The first-order valence-corrected chi connectivity index (χ1v) is 7.72. The number of ether oxygens (including phenoxy) is 1. The Morgan fingerprint density at radius 2 is 2.05 bits per heavy atom. The van der Waals surface area contributed by atoms with Crippen LogP contribution in [0.1, 0.15) is 37.8 Å². The summed E-state index contributed by atoms with van der Waals surface area (Å²) in [6, 6.07) is 6.46. The highest BCUT2D eigenvalue weighted by molar-refractivity contribution is 5.40. The van der Waals surface area contributed by atoms with Crippen LogP contribution in [0.2, 0.25) is 0 Å². The van der Waals surface area contributed by atoms with Crippen LogP contribution < -0.4 is 10.5 Å². The van der Waals surface area contributed by atoms with Gasteiger partial charge in [-0.2, -0.15) is 0 Å². The monoisotopic (exact) mass is 276 g/mol. The van der Waals surface area contributed by atoms with Crippen LogP contribution in [0, 0.1) is 6.92 Å². The van der Waals surface area contributed by atoms with Crippen molar-refractivity contribution in [2.45, 2.75) is 51.7 Å². The summed E-state index contributed by atoms with van der Waals surface area (Å²) in [5, 5.41) is 0. The molecule has 0 aliphatic carbocycles. The average molecular weight is 276 g/mol. The maximum atomic E-state index is 6.08. The first-order chi connectivity index (χ1) is 9.54. The van der Waals surface area contributed by atoms with Gasteiger partial charge in [0, 0.05) is 25.0 Å². The van der Waals surface area contributed by atoms with Crippen LogP contribution in [0.3, 0.4) is 0 Å². The molecule has 3 nitrogen and oxygen atoms in total. The summed E-state index contributed by atoms with van der Waals surface area (Å²) in [6.45, 7) is 8.22. The van der Waals surface area contributed by atoms with Gasteiger partial charge in [0.25, 0.3) is 0 Å². The summed E-state index contributed by atoms with van der Waals surface area (Å²) in [7, 11) is 2.18. The van der Waals surface area contributed by atoms with Crippen molar-refractivity contribution in [3.63, 3.8) is 0 Å². The zero-order valence-electron chi connectivity index (χ0n) is 13.3. The molecule has 0 spiro atoms. The number of likely N-dealkylation sites (N-methyl/N-ethyl adjacent to an activating group) is 1. The Bertz CT molecular complexity index is 446. The van der Waals surface area contributed by atoms with Gasteiger partial charge in [0.1, 0.15) is 11.9 Å². The predicted octanol–water partition coefficient (Wildman–Crippen LogP) is 2.75. The van der Waals surface area contributed by atoms with Crippen LogP contribution in [0.15, 0.2) is 18.2 Å². The summed E-state index contributed by atoms with van der Waals surface area (Å²) in [4.78, 5) is 2.40. The van der Waals surface area contributed by atoms with Gasteiger partial charge in [-0.25, -0.2) is 0 Å². The van der Waals surface area contributed by atoms with E-state index in [-0.39, 0.29) is 11.6 Å². The lowest BCUT2D eigenvalue weighted by Crippen LogP contribution is -2.53. The van der Waals surface area contributed by atoms with Crippen molar-refractivity contribution in [3.05, 3.63) is 29.3 Å². The molecule has 1 heterocycles. The first-order valence-electron chi connectivity index (χ1n) is 7.72. The minimum Gasteiger partial charge on any atom is -0.488 e. The van der Waals surface area contributed by atoms with Crippen LogP contribution in [0.25, 0.3) is 0 Å². The van der Waals surface area contributed by atoms with E-state index in [4.69, 9.17) is 10.5 Å². The van der Waals surface area contributed by atoms with Crippen molar-refractivity contribution < 1.29 is 4.74 Å². The van der Waals surface area contributed by atoms with Gasteiger partial charge in [-0.15, -0.1) is 0 Å². The van der Waals surface area contributed by atoms with E-state index in [9.17, 15) is 0 Å². The topological polar surface area (TPSA) is 38.5 Å². The summed E-state index contributed by atoms with van der Waals surface area (Å²) >= 11 is 0. The lowest BCUT2D eigenvalue weighted by molar-refractivity contribution is 0.0703. The quantitative estimate of drug-likeness (QED) is 0.868. The van der Waals surface area contributed by atoms with Crippen molar-refractivity contribution in [2.24, 2.45) is 5.73 Å². The highest BCUT2D eigenvalue weighted by Gasteiger charge is 2.33. The predicted molar refractivity (Wildman–Crippen MR) is 84.3 cm³/mol. The van der Waals surface area contributed by atoms with Crippen molar-refractivity contribution in [1.82, 2.24) is 4.90 Å². The third-order valence-corrected chi connectivity index (χ3v) is 4.94. The highest BCUT2D eigenvalue weighted by atomic mass is 16.5. The zero-order chi connectivity index (χ0) is 14.8. The second-order valence-electron chi connectivity index (χ2n) is 6.07. The fourth-order valence-corrected chi connectivity index (χ4v) is 3.28. The molecule has 0 aromatic heterocycles. The third kappa shape index (κ3) is 2.84. The van der Waals surface area contributed by atoms with Gasteiger partial charge < -0.3 is 10.5 Å². The van der Waals surface area contributed by atoms with E-state index < -0.39 is 0 Å². The lowest BCUT2D eigenvalue weighted by Gasteiger charge is -2.41. The van der Waals surface area contributed by atoms with E-state index >= 15 is 0 Å².